The van der Waals surface area contributed by atoms with Gasteiger partial charge in [0.05, 0.1) is 5.75 Å². The van der Waals surface area contributed by atoms with Gasteiger partial charge in [0.2, 0.25) is 5.91 Å². The molecule has 1 heterocycles. The molecule has 28 heavy (non-hydrogen) atoms. The van der Waals surface area contributed by atoms with E-state index in [0.29, 0.717) is 16.5 Å². The molecule has 2 N–H and O–H groups in total. The predicted octanol–water partition coefficient (Wildman–Crippen LogP) is 2.98. The SMILES string of the molecule is CC(=O)Nc1ccc(OCC(=O)NN2C(=O)CSC2c2ccc(Cl)cc2)cc1. The first-order chi connectivity index (χ1) is 13.4. The van der Waals surface area contributed by atoms with Crippen molar-refractivity contribution < 1.29 is 19.1 Å². The Bertz CT molecular complexity index is 874. The maximum absolute atomic E-state index is 12.2. The van der Waals surface area contributed by atoms with Gasteiger partial charge in [0, 0.05) is 17.6 Å². The van der Waals surface area contributed by atoms with Crippen molar-refractivity contribution in [3.05, 3.63) is 59.1 Å². The molecule has 146 valence electrons. The molecule has 0 bridgehead atoms. The molecule has 0 aliphatic carbocycles. The molecule has 0 saturated carbocycles. The first kappa shape index (κ1) is 20.0. The molecule has 1 atom stereocenters. The Morgan fingerprint density at radius 2 is 1.86 bits per heavy atom. The van der Waals surface area contributed by atoms with Crippen LogP contribution in [0.25, 0.3) is 0 Å². The first-order valence-electron chi connectivity index (χ1n) is 8.41. The van der Waals surface area contributed by atoms with Gasteiger partial charge < -0.3 is 10.1 Å². The van der Waals surface area contributed by atoms with Crippen molar-refractivity contribution in [1.82, 2.24) is 10.4 Å². The van der Waals surface area contributed by atoms with Crippen molar-refractivity contribution in [3.63, 3.8) is 0 Å². The zero-order valence-corrected chi connectivity index (χ0v) is 16.5. The summed E-state index contributed by atoms with van der Waals surface area (Å²) in [7, 11) is 0. The largest absolute Gasteiger partial charge is 0.484 e. The summed E-state index contributed by atoms with van der Waals surface area (Å²) in [6.45, 7) is 1.17. The number of anilines is 1. The molecule has 1 unspecified atom stereocenters. The molecule has 0 aromatic heterocycles. The van der Waals surface area contributed by atoms with Crippen LogP contribution in [0.2, 0.25) is 5.02 Å². The molecule has 2 aromatic rings. The number of halogens is 1. The number of nitrogens with zero attached hydrogens (tertiary/aromatic N) is 1. The fourth-order valence-electron chi connectivity index (χ4n) is 2.57. The van der Waals surface area contributed by atoms with Gasteiger partial charge in [-0.2, -0.15) is 0 Å². The third-order valence-electron chi connectivity index (χ3n) is 3.81. The summed E-state index contributed by atoms with van der Waals surface area (Å²) in [5.41, 5.74) is 4.11. The molecule has 1 saturated heterocycles. The van der Waals surface area contributed by atoms with E-state index in [0.717, 1.165) is 5.56 Å². The van der Waals surface area contributed by atoms with Crippen LogP contribution >= 0.6 is 23.4 Å². The van der Waals surface area contributed by atoms with E-state index < -0.39 is 5.91 Å². The molecular formula is C19H18ClN3O4S. The molecule has 1 aliphatic rings. The number of ether oxygens (including phenoxy) is 1. The van der Waals surface area contributed by atoms with Crippen molar-refractivity contribution in [2.24, 2.45) is 0 Å². The highest BCUT2D eigenvalue weighted by atomic mass is 35.5. The Balaban J connectivity index is 1.56. The Labute approximate surface area is 171 Å². The average Bonchev–Trinajstić information content (AvgIpc) is 3.02. The van der Waals surface area contributed by atoms with Crippen LogP contribution in [0.15, 0.2) is 48.5 Å². The van der Waals surface area contributed by atoms with Gasteiger partial charge in [-0.25, -0.2) is 5.01 Å². The number of carbonyl (C=O) groups is 3. The number of hydrogen-bond acceptors (Lipinski definition) is 5. The first-order valence-corrected chi connectivity index (χ1v) is 9.84. The molecule has 0 spiro atoms. The lowest BCUT2D eigenvalue weighted by atomic mass is 10.2. The third-order valence-corrected chi connectivity index (χ3v) is 5.28. The standard InChI is InChI=1S/C19H18ClN3O4S/c1-12(24)21-15-6-8-16(9-7-15)27-10-17(25)22-23-18(26)11-28-19(23)13-2-4-14(20)5-3-13/h2-9,19H,10-11H2,1H3,(H,21,24)(H,22,25). The molecule has 7 nitrogen and oxygen atoms in total. The van der Waals surface area contributed by atoms with Crippen LogP contribution in [0, 0.1) is 0 Å². The molecule has 1 fully saturated rings. The lowest BCUT2D eigenvalue weighted by Crippen LogP contribution is -2.46. The van der Waals surface area contributed by atoms with Crippen molar-refractivity contribution in [2.75, 3.05) is 17.7 Å². The number of carbonyl (C=O) groups excluding carboxylic acids is 3. The van der Waals surface area contributed by atoms with E-state index in [4.69, 9.17) is 16.3 Å². The Morgan fingerprint density at radius 3 is 2.50 bits per heavy atom. The second kappa shape index (κ2) is 8.99. The average molecular weight is 420 g/mol. The number of benzene rings is 2. The zero-order chi connectivity index (χ0) is 20.1. The Morgan fingerprint density at radius 1 is 1.18 bits per heavy atom. The summed E-state index contributed by atoms with van der Waals surface area (Å²) < 4.78 is 5.44. The van der Waals surface area contributed by atoms with Gasteiger partial charge in [0.25, 0.3) is 11.8 Å². The molecule has 2 aromatic carbocycles. The normalized spacial score (nSPS) is 16.0. The van der Waals surface area contributed by atoms with Crippen molar-refractivity contribution in [2.45, 2.75) is 12.3 Å². The number of hydrogen-bond donors (Lipinski definition) is 2. The van der Waals surface area contributed by atoms with Gasteiger partial charge in [0.15, 0.2) is 6.61 Å². The van der Waals surface area contributed by atoms with Crippen molar-refractivity contribution in [3.8, 4) is 5.75 Å². The number of thioether (sulfide) groups is 1. The lowest BCUT2D eigenvalue weighted by Gasteiger charge is -2.24. The van der Waals surface area contributed by atoms with Gasteiger partial charge >= 0.3 is 0 Å². The van der Waals surface area contributed by atoms with Crippen LogP contribution in [0.5, 0.6) is 5.75 Å². The highest BCUT2D eigenvalue weighted by molar-refractivity contribution is 8.00. The minimum Gasteiger partial charge on any atom is -0.484 e. The van der Waals surface area contributed by atoms with Gasteiger partial charge in [-0.1, -0.05) is 23.7 Å². The molecular weight excluding hydrogens is 402 g/mol. The quantitative estimate of drug-likeness (QED) is 0.751. The third kappa shape index (κ3) is 5.17. The minimum absolute atomic E-state index is 0.170. The van der Waals surface area contributed by atoms with E-state index in [2.05, 4.69) is 10.7 Å². The number of hydrazine groups is 1. The number of nitrogens with one attached hydrogen (secondary N) is 2. The van der Waals surface area contributed by atoms with Crippen LogP contribution in [0.4, 0.5) is 5.69 Å². The maximum atomic E-state index is 12.2. The summed E-state index contributed by atoms with van der Waals surface area (Å²) in [6.07, 6.45) is 0. The van der Waals surface area contributed by atoms with Gasteiger partial charge in [-0.05, 0) is 42.0 Å². The fraction of sp³-hybridized carbons (Fsp3) is 0.211. The summed E-state index contributed by atoms with van der Waals surface area (Å²) in [6, 6.07) is 13.8. The van der Waals surface area contributed by atoms with Crippen molar-refractivity contribution >= 4 is 46.8 Å². The minimum atomic E-state index is -0.444. The summed E-state index contributed by atoms with van der Waals surface area (Å²) in [5.74, 6) is -0.0465. The molecule has 3 rings (SSSR count). The van der Waals surface area contributed by atoms with Crippen LogP contribution in [0.3, 0.4) is 0 Å². The molecule has 0 radical (unpaired) electrons. The van der Waals surface area contributed by atoms with Gasteiger partial charge in [0.1, 0.15) is 11.1 Å². The highest BCUT2D eigenvalue weighted by Gasteiger charge is 2.34. The van der Waals surface area contributed by atoms with E-state index in [-0.39, 0.29) is 29.5 Å². The number of amides is 3. The zero-order valence-electron chi connectivity index (χ0n) is 15.0. The van der Waals surface area contributed by atoms with Gasteiger partial charge in [-0.15, -0.1) is 11.8 Å². The molecule has 3 amide bonds. The Kier molecular flexibility index (Phi) is 6.43. The van der Waals surface area contributed by atoms with E-state index in [9.17, 15) is 14.4 Å². The van der Waals surface area contributed by atoms with E-state index in [1.807, 2.05) is 12.1 Å². The van der Waals surface area contributed by atoms with E-state index >= 15 is 0 Å². The smallest absolute Gasteiger partial charge is 0.276 e. The summed E-state index contributed by atoms with van der Waals surface area (Å²) in [5, 5.41) is 4.25. The fourth-order valence-corrected chi connectivity index (χ4v) is 3.81. The lowest BCUT2D eigenvalue weighted by molar-refractivity contribution is -0.140. The second-order valence-corrected chi connectivity index (χ2v) is 7.51. The monoisotopic (exact) mass is 419 g/mol. The van der Waals surface area contributed by atoms with Crippen molar-refractivity contribution in [1.29, 1.82) is 0 Å². The van der Waals surface area contributed by atoms with Crippen LogP contribution < -0.4 is 15.5 Å². The van der Waals surface area contributed by atoms with E-state index in [1.54, 1.807) is 36.4 Å². The Hall–Kier alpha value is -2.71. The highest BCUT2D eigenvalue weighted by Crippen LogP contribution is 2.37. The molecule has 9 heteroatoms. The predicted molar refractivity (Wildman–Crippen MR) is 108 cm³/mol. The topological polar surface area (TPSA) is 87.7 Å². The van der Waals surface area contributed by atoms with Crippen LogP contribution in [-0.2, 0) is 14.4 Å². The van der Waals surface area contributed by atoms with Crippen LogP contribution in [0.1, 0.15) is 17.9 Å². The maximum Gasteiger partial charge on any atom is 0.276 e. The van der Waals surface area contributed by atoms with Crippen LogP contribution in [-0.4, -0.2) is 35.1 Å². The summed E-state index contributed by atoms with van der Waals surface area (Å²) >= 11 is 7.33. The molecule has 1 aliphatic heterocycles. The van der Waals surface area contributed by atoms with E-state index in [1.165, 1.54) is 23.7 Å². The van der Waals surface area contributed by atoms with Gasteiger partial charge in [-0.3, -0.25) is 19.8 Å². The summed E-state index contributed by atoms with van der Waals surface area (Å²) in [4.78, 5) is 35.4. The second-order valence-electron chi connectivity index (χ2n) is 6.01. The number of rotatable bonds is 6.